The molecule has 1 rings (SSSR count). The molecular weight excluding hydrogens is 356 g/mol. The number of nitrogens with zero attached hydrogens (tertiary/aromatic N) is 4. The monoisotopic (exact) mass is 390 g/mol. The summed E-state index contributed by atoms with van der Waals surface area (Å²) in [4.78, 5) is 40.4. The lowest BCUT2D eigenvalue weighted by molar-refractivity contribution is -0.140. The van der Waals surface area contributed by atoms with Crippen molar-refractivity contribution in [1.82, 2.24) is 19.6 Å². The molecule has 0 aliphatic carbocycles. The second-order valence-corrected chi connectivity index (χ2v) is 6.31. The molecule has 0 aromatic carbocycles. The van der Waals surface area contributed by atoms with Crippen LogP contribution < -0.4 is 0 Å². The first-order valence-electron chi connectivity index (χ1n) is 9.27. The van der Waals surface area contributed by atoms with Crippen LogP contribution >= 0.6 is 0 Å². The molecule has 0 aromatic heterocycles. The second-order valence-electron chi connectivity index (χ2n) is 6.31. The summed E-state index contributed by atoms with van der Waals surface area (Å²) in [5.74, 6) is -2.78. The molecule has 0 radical (unpaired) electrons. The number of aliphatic carboxylic acids is 3. The van der Waals surface area contributed by atoms with Crippen molar-refractivity contribution in [2.24, 2.45) is 0 Å². The summed E-state index contributed by atoms with van der Waals surface area (Å²) >= 11 is 0. The van der Waals surface area contributed by atoms with Crippen LogP contribution in [0.3, 0.4) is 0 Å². The number of carboxylic acids is 3. The van der Waals surface area contributed by atoms with Crippen LogP contribution in [0.4, 0.5) is 0 Å². The highest BCUT2D eigenvalue weighted by atomic mass is 16.4. The highest BCUT2D eigenvalue weighted by Gasteiger charge is 2.18. The van der Waals surface area contributed by atoms with Gasteiger partial charge in [-0.25, -0.2) is 0 Å². The minimum atomic E-state index is -0.957. The van der Waals surface area contributed by atoms with E-state index in [9.17, 15) is 14.4 Å². The Hall–Kier alpha value is -1.75. The maximum absolute atomic E-state index is 11.0. The van der Waals surface area contributed by atoms with Crippen LogP contribution in [-0.4, -0.2) is 132 Å². The van der Waals surface area contributed by atoms with Gasteiger partial charge < -0.3 is 20.2 Å². The first-order chi connectivity index (χ1) is 12.8. The van der Waals surface area contributed by atoms with Gasteiger partial charge in [-0.15, -0.1) is 0 Å². The lowest BCUT2D eigenvalue weighted by Gasteiger charge is -2.31. The zero-order chi connectivity index (χ0) is 20.8. The smallest absolute Gasteiger partial charge is 0.317 e. The fourth-order valence-electron chi connectivity index (χ4n) is 2.69. The molecule has 3 N–H and O–H groups in total. The van der Waals surface area contributed by atoms with Crippen molar-refractivity contribution in [3.63, 3.8) is 0 Å². The fourth-order valence-corrected chi connectivity index (χ4v) is 2.69. The molecule has 1 heterocycles. The standard InChI is InChI=1S/C15H28N4O6.C2H6/c1-16-2-4-17(10-13(20)21)6-8-19(12-15(24)25)9-7-18(5-3-16)11-14(22)23;1-2/h2-12H2,1H3,(H,20,21)(H,22,23)(H,24,25);1-2H3. The molecule has 0 amide bonds. The highest BCUT2D eigenvalue weighted by Crippen LogP contribution is 2.00. The number of rotatable bonds is 6. The third-order valence-electron chi connectivity index (χ3n) is 4.14. The predicted molar refractivity (Wildman–Crippen MR) is 101 cm³/mol. The molecule has 0 saturated carbocycles. The van der Waals surface area contributed by atoms with Gasteiger partial charge in [0, 0.05) is 52.4 Å². The average molecular weight is 390 g/mol. The first kappa shape index (κ1) is 25.2. The van der Waals surface area contributed by atoms with Crippen molar-refractivity contribution in [2.45, 2.75) is 13.8 Å². The molecule has 1 aliphatic rings. The topological polar surface area (TPSA) is 125 Å². The van der Waals surface area contributed by atoms with Crippen LogP contribution in [0.25, 0.3) is 0 Å². The number of hydrogen-bond donors (Lipinski definition) is 3. The molecule has 0 spiro atoms. The molecule has 27 heavy (non-hydrogen) atoms. The van der Waals surface area contributed by atoms with Gasteiger partial charge in [0.15, 0.2) is 0 Å². The summed E-state index contributed by atoms with van der Waals surface area (Å²) in [6.45, 7) is 7.86. The summed E-state index contributed by atoms with van der Waals surface area (Å²) in [5, 5.41) is 27.1. The second kappa shape index (κ2) is 14.3. The summed E-state index contributed by atoms with van der Waals surface area (Å²) in [6, 6.07) is 0. The largest absolute Gasteiger partial charge is 0.480 e. The summed E-state index contributed by atoms with van der Waals surface area (Å²) in [5.41, 5.74) is 0. The molecule has 0 atom stereocenters. The van der Waals surface area contributed by atoms with E-state index in [2.05, 4.69) is 0 Å². The molecule has 1 fully saturated rings. The normalized spacial score (nSPS) is 19.2. The van der Waals surface area contributed by atoms with Gasteiger partial charge in [-0.2, -0.15) is 0 Å². The molecular formula is C17H34N4O6. The van der Waals surface area contributed by atoms with E-state index in [1.807, 2.05) is 25.8 Å². The average Bonchev–Trinajstić information content (AvgIpc) is 2.58. The summed E-state index contributed by atoms with van der Waals surface area (Å²) < 4.78 is 0. The van der Waals surface area contributed by atoms with E-state index in [1.54, 1.807) is 14.7 Å². The van der Waals surface area contributed by atoms with Crippen LogP contribution in [0.15, 0.2) is 0 Å². The summed E-state index contributed by atoms with van der Waals surface area (Å²) in [7, 11) is 1.92. The van der Waals surface area contributed by atoms with Gasteiger partial charge >= 0.3 is 17.9 Å². The van der Waals surface area contributed by atoms with E-state index in [1.165, 1.54) is 0 Å². The Morgan fingerprint density at radius 3 is 1.04 bits per heavy atom. The quantitative estimate of drug-likeness (QED) is 0.526. The Morgan fingerprint density at radius 2 is 0.815 bits per heavy atom. The van der Waals surface area contributed by atoms with Crippen molar-refractivity contribution < 1.29 is 29.7 Å². The van der Waals surface area contributed by atoms with E-state index in [4.69, 9.17) is 15.3 Å². The number of carboxylic acid groups (broad SMARTS) is 3. The Bertz CT molecular complexity index is 431. The van der Waals surface area contributed by atoms with E-state index in [0.717, 1.165) is 0 Å². The van der Waals surface area contributed by atoms with Gasteiger partial charge in [0.2, 0.25) is 0 Å². The Kier molecular flexibility index (Phi) is 13.4. The van der Waals surface area contributed by atoms with Crippen LogP contribution in [0.5, 0.6) is 0 Å². The van der Waals surface area contributed by atoms with E-state index >= 15 is 0 Å². The predicted octanol–water partition coefficient (Wildman–Crippen LogP) is -0.882. The van der Waals surface area contributed by atoms with Gasteiger partial charge in [0.25, 0.3) is 0 Å². The van der Waals surface area contributed by atoms with Gasteiger partial charge in [0.05, 0.1) is 19.6 Å². The van der Waals surface area contributed by atoms with Crippen molar-refractivity contribution in [2.75, 3.05) is 79.0 Å². The zero-order valence-electron chi connectivity index (χ0n) is 16.6. The van der Waals surface area contributed by atoms with Gasteiger partial charge in [-0.05, 0) is 7.05 Å². The number of carbonyl (C=O) groups is 3. The SMILES string of the molecule is CC.CN1CCN(CC(=O)O)CCN(CC(=O)O)CCN(CC(=O)O)CC1. The Morgan fingerprint density at radius 1 is 0.593 bits per heavy atom. The third-order valence-corrected chi connectivity index (χ3v) is 4.14. The molecule has 0 bridgehead atoms. The van der Waals surface area contributed by atoms with Crippen molar-refractivity contribution in [3.8, 4) is 0 Å². The van der Waals surface area contributed by atoms with Crippen LogP contribution in [0, 0.1) is 0 Å². The molecule has 0 unspecified atom stereocenters. The van der Waals surface area contributed by atoms with Crippen LogP contribution in [-0.2, 0) is 14.4 Å². The van der Waals surface area contributed by atoms with Gasteiger partial charge in [-0.3, -0.25) is 29.1 Å². The maximum Gasteiger partial charge on any atom is 0.317 e. The van der Waals surface area contributed by atoms with Gasteiger partial charge in [-0.1, -0.05) is 13.8 Å². The van der Waals surface area contributed by atoms with E-state index in [-0.39, 0.29) is 19.6 Å². The Balaban J connectivity index is 0.00000326. The van der Waals surface area contributed by atoms with Crippen molar-refractivity contribution >= 4 is 17.9 Å². The van der Waals surface area contributed by atoms with Crippen LogP contribution in [0.2, 0.25) is 0 Å². The lowest BCUT2D eigenvalue weighted by atomic mass is 10.3. The number of hydrogen-bond acceptors (Lipinski definition) is 7. The lowest BCUT2D eigenvalue weighted by Crippen LogP contribution is -2.47. The molecule has 1 aliphatic heterocycles. The summed E-state index contributed by atoms with van der Waals surface area (Å²) in [6.07, 6.45) is 0. The van der Waals surface area contributed by atoms with E-state index in [0.29, 0.717) is 52.4 Å². The molecule has 0 aromatic rings. The minimum absolute atomic E-state index is 0.0834. The molecule has 10 nitrogen and oxygen atoms in total. The number of likely N-dealkylation sites (N-methyl/N-ethyl adjacent to an activating group) is 1. The Labute approximate surface area is 160 Å². The first-order valence-corrected chi connectivity index (χ1v) is 9.27. The molecule has 10 heteroatoms. The van der Waals surface area contributed by atoms with Gasteiger partial charge in [0.1, 0.15) is 0 Å². The molecule has 1 saturated heterocycles. The maximum atomic E-state index is 11.0. The van der Waals surface area contributed by atoms with Crippen molar-refractivity contribution in [1.29, 1.82) is 0 Å². The fraction of sp³-hybridized carbons (Fsp3) is 0.824. The van der Waals surface area contributed by atoms with Crippen LogP contribution in [0.1, 0.15) is 13.8 Å². The highest BCUT2D eigenvalue weighted by molar-refractivity contribution is 5.69. The zero-order valence-corrected chi connectivity index (χ0v) is 16.6. The third kappa shape index (κ3) is 13.1. The molecule has 158 valence electrons. The van der Waals surface area contributed by atoms with E-state index < -0.39 is 17.9 Å². The minimum Gasteiger partial charge on any atom is -0.480 e. The van der Waals surface area contributed by atoms with Crippen molar-refractivity contribution in [3.05, 3.63) is 0 Å².